The van der Waals surface area contributed by atoms with Crippen molar-refractivity contribution in [2.75, 3.05) is 19.8 Å². The van der Waals surface area contributed by atoms with Gasteiger partial charge in [-0.1, -0.05) is 18.2 Å². The van der Waals surface area contributed by atoms with Crippen LogP contribution in [-0.4, -0.2) is 51.6 Å². The molecule has 0 saturated carbocycles. The van der Waals surface area contributed by atoms with Crippen molar-refractivity contribution in [1.29, 1.82) is 5.26 Å². The van der Waals surface area contributed by atoms with Crippen LogP contribution >= 0.6 is 0 Å². The molecule has 208 valence electrons. The zero-order valence-corrected chi connectivity index (χ0v) is 21.7. The Bertz CT molecular complexity index is 1610. The van der Waals surface area contributed by atoms with Crippen LogP contribution in [0.15, 0.2) is 66.9 Å². The molecule has 1 amide bonds. The summed E-state index contributed by atoms with van der Waals surface area (Å²) in [5, 5.41) is 8.72. The highest BCUT2D eigenvalue weighted by molar-refractivity contribution is 5.85. The quantitative estimate of drug-likeness (QED) is 0.305. The van der Waals surface area contributed by atoms with Gasteiger partial charge in [-0.15, -0.1) is 0 Å². The van der Waals surface area contributed by atoms with Crippen molar-refractivity contribution in [2.45, 2.75) is 12.7 Å². The lowest BCUT2D eigenvalue weighted by atomic mass is 9.91. The third kappa shape index (κ3) is 5.46. The Morgan fingerprint density at radius 2 is 1.80 bits per heavy atom. The number of amides is 1. The molecule has 4 aromatic rings. The van der Waals surface area contributed by atoms with Crippen LogP contribution in [0.1, 0.15) is 12.7 Å². The number of carbonyl (C=O) groups excluding carboxylic acids is 2. The Balaban J connectivity index is 1.55. The second-order valence-corrected chi connectivity index (χ2v) is 9.31. The van der Waals surface area contributed by atoms with E-state index in [1.807, 2.05) is 6.07 Å². The number of nitrogens with two attached hydrogens (primary N) is 1. The largest absolute Gasteiger partial charge is 0.450 e. The number of para-hydroxylation sites is 1. The molecule has 12 nitrogen and oxygen atoms in total. The SMILES string of the molecule is CC1(C(=O)OCC#N)COC(C(N)=O)(c2nc(-c3ccc(F)cc3)c(-c3ccnc(Oc4ccccc4)n3)[nH]2)OC1. The van der Waals surface area contributed by atoms with Gasteiger partial charge in [0, 0.05) is 11.8 Å². The first-order valence-electron chi connectivity index (χ1n) is 12.3. The maximum Gasteiger partial charge on any atom is 0.322 e. The van der Waals surface area contributed by atoms with E-state index < -0.39 is 35.5 Å². The predicted octanol–water partition coefficient (Wildman–Crippen LogP) is 3.22. The number of aromatic nitrogens is 4. The van der Waals surface area contributed by atoms with Crippen LogP contribution in [0.2, 0.25) is 0 Å². The Kier molecular flexibility index (Phi) is 7.43. The summed E-state index contributed by atoms with van der Waals surface area (Å²) in [7, 11) is 0. The van der Waals surface area contributed by atoms with Gasteiger partial charge in [-0.2, -0.15) is 10.2 Å². The van der Waals surface area contributed by atoms with Gasteiger partial charge < -0.3 is 29.7 Å². The van der Waals surface area contributed by atoms with Crippen LogP contribution in [0.25, 0.3) is 22.6 Å². The maximum atomic E-state index is 13.7. The summed E-state index contributed by atoms with van der Waals surface area (Å²) in [4.78, 5) is 41.5. The minimum absolute atomic E-state index is 0.0383. The van der Waals surface area contributed by atoms with Crippen molar-refractivity contribution in [1.82, 2.24) is 19.9 Å². The average molecular weight is 559 g/mol. The van der Waals surface area contributed by atoms with Crippen molar-refractivity contribution in [3.8, 4) is 40.5 Å². The first kappa shape index (κ1) is 27.4. The lowest BCUT2D eigenvalue weighted by Gasteiger charge is -2.40. The molecule has 0 radical (unpaired) electrons. The van der Waals surface area contributed by atoms with Crippen molar-refractivity contribution in [3.05, 3.63) is 78.5 Å². The van der Waals surface area contributed by atoms with Gasteiger partial charge in [0.2, 0.25) is 0 Å². The van der Waals surface area contributed by atoms with Crippen molar-refractivity contribution in [3.63, 3.8) is 0 Å². The third-order valence-electron chi connectivity index (χ3n) is 6.25. The van der Waals surface area contributed by atoms with Gasteiger partial charge in [-0.05, 0) is 49.4 Å². The Morgan fingerprint density at radius 1 is 1.10 bits per heavy atom. The summed E-state index contributed by atoms with van der Waals surface area (Å²) >= 11 is 0. The van der Waals surface area contributed by atoms with Crippen LogP contribution in [0.4, 0.5) is 4.39 Å². The van der Waals surface area contributed by atoms with Crippen LogP contribution in [0.3, 0.4) is 0 Å². The molecule has 2 aromatic carbocycles. The van der Waals surface area contributed by atoms with Crippen LogP contribution < -0.4 is 10.5 Å². The zero-order valence-electron chi connectivity index (χ0n) is 21.7. The van der Waals surface area contributed by atoms with E-state index >= 15 is 0 Å². The number of carbonyl (C=O) groups is 2. The molecule has 2 aromatic heterocycles. The van der Waals surface area contributed by atoms with Crippen molar-refractivity contribution < 1.29 is 32.9 Å². The van der Waals surface area contributed by atoms with Crippen LogP contribution in [0, 0.1) is 22.6 Å². The number of nitrogens with zero attached hydrogens (tertiary/aromatic N) is 4. The number of H-pyrrole nitrogens is 1. The van der Waals surface area contributed by atoms with E-state index in [0.717, 1.165) is 0 Å². The number of hydrogen-bond acceptors (Lipinski definition) is 10. The molecule has 0 spiro atoms. The molecule has 0 aliphatic carbocycles. The normalized spacial score (nSPS) is 20.1. The lowest BCUT2D eigenvalue weighted by molar-refractivity contribution is -0.293. The molecule has 13 heteroatoms. The molecular formula is C28H23FN6O6. The Morgan fingerprint density at radius 3 is 2.46 bits per heavy atom. The summed E-state index contributed by atoms with van der Waals surface area (Å²) in [6, 6.07) is 17.8. The molecule has 0 bridgehead atoms. The molecule has 1 saturated heterocycles. The average Bonchev–Trinajstić information content (AvgIpc) is 3.43. The van der Waals surface area contributed by atoms with Gasteiger partial charge in [0.1, 0.15) is 23.1 Å². The summed E-state index contributed by atoms with van der Waals surface area (Å²) in [5.74, 6) is -4.05. The fraction of sp³-hybridized carbons (Fsp3) is 0.214. The van der Waals surface area contributed by atoms with Crippen LogP contribution in [0.5, 0.6) is 11.8 Å². The molecule has 0 unspecified atom stereocenters. The molecule has 1 aliphatic heterocycles. The number of halogens is 1. The monoisotopic (exact) mass is 558 g/mol. The minimum atomic E-state index is -2.21. The van der Waals surface area contributed by atoms with E-state index in [1.165, 1.54) is 37.4 Å². The third-order valence-corrected chi connectivity index (χ3v) is 6.25. The summed E-state index contributed by atoms with van der Waals surface area (Å²) in [6.07, 6.45) is 1.48. The highest BCUT2D eigenvalue weighted by atomic mass is 19.1. The van der Waals surface area contributed by atoms with E-state index in [0.29, 0.717) is 22.7 Å². The fourth-order valence-corrected chi connectivity index (χ4v) is 4.05. The van der Waals surface area contributed by atoms with Gasteiger partial charge in [-0.25, -0.2) is 14.4 Å². The molecular weight excluding hydrogens is 535 g/mol. The lowest BCUT2D eigenvalue weighted by Crippen LogP contribution is -2.56. The smallest absolute Gasteiger partial charge is 0.322 e. The number of imidazole rings is 1. The van der Waals surface area contributed by atoms with Gasteiger partial charge in [0.05, 0.1) is 30.3 Å². The molecule has 5 rings (SSSR count). The molecule has 0 atom stereocenters. The molecule has 3 N–H and O–H groups in total. The van der Waals surface area contributed by atoms with Gasteiger partial charge in [-0.3, -0.25) is 9.59 Å². The number of ether oxygens (including phenoxy) is 4. The Labute approximate surface area is 232 Å². The summed E-state index contributed by atoms with van der Waals surface area (Å²) in [6.45, 7) is 0.395. The number of nitriles is 1. The zero-order chi connectivity index (χ0) is 29.0. The van der Waals surface area contributed by atoms with Gasteiger partial charge in [0.15, 0.2) is 12.4 Å². The van der Waals surface area contributed by atoms with Crippen molar-refractivity contribution >= 4 is 11.9 Å². The first-order chi connectivity index (χ1) is 19.7. The number of hydrogen-bond donors (Lipinski definition) is 2. The van der Waals surface area contributed by atoms with Gasteiger partial charge in [0.25, 0.3) is 5.91 Å². The van der Waals surface area contributed by atoms with Gasteiger partial charge >= 0.3 is 17.8 Å². The standard InChI is InChI=1S/C28H23FN6O6/c1-27(25(37)38-14-12-30)15-39-28(23(31)36,40-16-27)24-34-21(17-7-9-18(29)10-8-17)22(35-24)20-11-13-32-26(33-20)41-19-5-3-2-4-6-19/h2-11,13H,14-16H2,1H3,(H2,31,36)(H,34,35). The first-order valence-corrected chi connectivity index (χ1v) is 12.3. The number of benzene rings is 2. The number of aromatic amines is 1. The molecule has 1 fully saturated rings. The topological polar surface area (TPSA) is 175 Å². The second-order valence-electron chi connectivity index (χ2n) is 9.31. The number of nitrogens with one attached hydrogen (secondary N) is 1. The highest BCUT2D eigenvalue weighted by Crippen LogP contribution is 2.39. The number of rotatable bonds is 8. The fourth-order valence-electron chi connectivity index (χ4n) is 4.05. The van der Waals surface area contributed by atoms with E-state index in [4.69, 9.17) is 29.9 Å². The van der Waals surface area contributed by atoms with E-state index in [-0.39, 0.29) is 30.7 Å². The van der Waals surface area contributed by atoms with E-state index in [9.17, 15) is 14.0 Å². The Hall–Kier alpha value is -5.19. The predicted molar refractivity (Wildman–Crippen MR) is 139 cm³/mol. The molecule has 3 heterocycles. The van der Waals surface area contributed by atoms with Crippen LogP contribution in [-0.2, 0) is 29.6 Å². The van der Waals surface area contributed by atoms with E-state index in [2.05, 4.69) is 19.9 Å². The number of primary amides is 1. The molecule has 1 aliphatic rings. The van der Waals surface area contributed by atoms with E-state index in [1.54, 1.807) is 36.4 Å². The minimum Gasteiger partial charge on any atom is -0.450 e. The second kappa shape index (κ2) is 11.1. The maximum absolute atomic E-state index is 13.7. The molecule has 41 heavy (non-hydrogen) atoms. The number of esters is 1. The summed E-state index contributed by atoms with van der Waals surface area (Å²) in [5.41, 5.74) is 5.81. The highest BCUT2D eigenvalue weighted by Gasteiger charge is 2.54. The summed E-state index contributed by atoms with van der Waals surface area (Å²) < 4.78 is 36.0. The van der Waals surface area contributed by atoms with Crippen molar-refractivity contribution in [2.24, 2.45) is 11.1 Å².